The van der Waals surface area contributed by atoms with E-state index >= 15 is 0 Å². The summed E-state index contributed by atoms with van der Waals surface area (Å²) < 4.78 is 6.17. The first-order chi connectivity index (χ1) is 20.2. The van der Waals surface area contributed by atoms with Crippen LogP contribution in [0.1, 0.15) is 68.8 Å². The number of carbonyl (C=O) groups is 2. The van der Waals surface area contributed by atoms with Gasteiger partial charge in [-0.15, -0.1) is 0 Å². The number of amides is 1. The Morgan fingerprint density at radius 3 is 2.55 bits per heavy atom. The zero-order valence-corrected chi connectivity index (χ0v) is 25.2. The van der Waals surface area contributed by atoms with E-state index in [0.29, 0.717) is 18.5 Å². The number of esters is 1. The molecule has 42 heavy (non-hydrogen) atoms. The summed E-state index contributed by atoms with van der Waals surface area (Å²) in [5, 5.41) is 12.7. The van der Waals surface area contributed by atoms with Gasteiger partial charge < -0.3 is 19.6 Å². The molecule has 1 heterocycles. The van der Waals surface area contributed by atoms with Crippen LogP contribution in [0.5, 0.6) is 5.75 Å². The van der Waals surface area contributed by atoms with Gasteiger partial charge in [0, 0.05) is 55.9 Å². The number of phenols is 1. The second-order valence-corrected chi connectivity index (χ2v) is 13.4. The van der Waals surface area contributed by atoms with Crippen molar-refractivity contribution in [3.63, 3.8) is 0 Å². The van der Waals surface area contributed by atoms with Crippen LogP contribution >= 0.6 is 0 Å². The van der Waals surface area contributed by atoms with Gasteiger partial charge in [-0.25, -0.2) is 0 Å². The first-order valence-electron chi connectivity index (χ1n) is 15.7. The molecule has 0 bridgehead atoms. The molecule has 1 N–H and O–H groups in total. The molecule has 3 fully saturated rings. The lowest BCUT2D eigenvalue weighted by atomic mass is 9.56. The van der Waals surface area contributed by atoms with Crippen molar-refractivity contribution >= 4 is 22.6 Å². The molecule has 1 amide bonds. The second kappa shape index (κ2) is 11.7. The molecule has 2 aliphatic carbocycles. The number of hydrogen-bond acceptors (Lipinski definition) is 5. The van der Waals surface area contributed by atoms with Crippen LogP contribution in [0.25, 0.3) is 10.8 Å². The molecular weight excluding hydrogens is 524 g/mol. The normalized spacial score (nSPS) is 26.1. The Bertz CT molecular complexity index is 1450. The summed E-state index contributed by atoms with van der Waals surface area (Å²) in [5.41, 5.74) is 1.45. The van der Waals surface area contributed by atoms with Gasteiger partial charge >= 0.3 is 5.97 Å². The molecule has 2 saturated carbocycles. The van der Waals surface area contributed by atoms with E-state index in [1.165, 1.54) is 19.8 Å². The molecule has 0 radical (unpaired) electrons. The number of piperidine rings is 1. The predicted octanol–water partition coefficient (Wildman–Crippen LogP) is 6.41. The summed E-state index contributed by atoms with van der Waals surface area (Å²) in [6.45, 7) is 9.34. The summed E-state index contributed by atoms with van der Waals surface area (Å²) >= 11 is 0. The molecule has 3 aliphatic rings. The van der Waals surface area contributed by atoms with Gasteiger partial charge in [-0.1, -0.05) is 56.3 Å². The highest BCUT2D eigenvalue weighted by atomic mass is 16.5. The van der Waals surface area contributed by atoms with E-state index < -0.39 is 0 Å². The Morgan fingerprint density at radius 1 is 1.05 bits per heavy atom. The van der Waals surface area contributed by atoms with E-state index in [9.17, 15) is 14.7 Å². The summed E-state index contributed by atoms with van der Waals surface area (Å²) in [6.07, 6.45) is 4.59. The largest absolute Gasteiger partial charge is 0.508 e. The first kappa shape index (κ1) is 28.7. The van der Waals surface area contributed by atoms with E-state index in [4.69, 9.17) is 4.74 Å². The van der Waals surface area contributed by atoms with E-state index in [-0.39, 0.29) is 47.0 Å². The van der Waals surface area contributed by atoms with Crippen molar-refractivity contribution in [2.45, 2.75) is 70.4 Å². The lowest BCUT2D eigenvalue weighted by Crippen LogP contribution is -2.62. The number of hydrogen-bond donors (Lipinski definition) is 1. The standard InChI is InChI=1S/C36H44N2O4/c1-24(2)21-38(35(41)29-14-13-27-7-4-5-8-28(27)17-29)31-19-34(42-25(3)39)33-23-37(22-26-11-12-26)16-15-36(33,20-31)30-9-6-10-32(40)18-30/h4-10,13-14,17-18,24,26,31,33-34,40H,11-12,15-16,19-23H2,1-3H3/t31-,33+,34?,36+/m1/s1. The van der Waals surface area contributed by atoms with Crippen LogP contribution < -0.4 is 0 Å². The van der Waals surface area contributed by atoms with Crippen LogP contribution in [0, 0.1) is 17.8 Å². The summed E-state index contributed by atoms with van der Waals surface area (Å²) in [6, 6.07) is 21.6. The fraction of sp³-hybridized carbons (Fsp3) is 0.500. The molecule has 6 nitrogen and oxygen atoms in total. The lowest BCUT2D eigenvalue weighted by Gasteiger charge is -2.57. The van der Waals surface area contributed by atoms with E-state index in [2.05, 4.69) is 35.8 Å². The Labute approximate surface area is 249 Å². The Hall–Kier alpha value is -3.38. The third-order valence-corrected chi connectivity index (χ3v) is 9.80. The number of likely N-dealkylation sites (tertiary alicyclic amines) is 1. The number of aromatic hydroxyl groups is 1. The van der Waals surface area contributed by atoms with Crippen LogP contribution in [0.15, 0.2) is 66.7 Å². The average Bonchev–Trinajstić information content (AvgIpc) is 3.79. The molecule has 0 aromatic heterocycles. The summed E-state index contributed by atoms with van der Waals surface area (Å²) in [7, 11) is 0. The van der Waals surface area contributed by atoms with Crippen molar-refractivity contribution in [1.29, 1.82) is 0 Å². The van der Waals surface area contributed by atoms with E-state index in [0.717, 1.165) is 54.7 Å². The fourth-order valence-corrected chi connectivity index (χ4v) is 7.73. The van der Waals surface area contributed by atoms with Crippen molar-refractivity contribution in [3.05, 3.63) is 77.9 Å². The number of ether oxygens (including phenoxy) is 1. The van der Waals surface area contributed by atoms with Crippen molar-refractivity contribution in [2.75, 3.05) is 26.2 Å². The first-order valence-corrected chi connectivity index (χ1v) is 15.7. The zero-order chi connectivity index (χ0) is 29.4. The van der Waals surface area contributed by atoms with Gasteiger partial charge in [0.05, 0.1) is 0 Å². The monoisotopic (exact) mass is 568 g/mol. The maximum absolute atomic E-state index is 14.4. The molecule has 1 aliphatic heterocycles. The minimum absolute atomic E-state index is 0.0247. The van der Waals surface area contributed by atoms with Crippen LogP contribution in [0.4, 0.5) is 0 Å². The molecule has 3 aromatic carbocycles. The van der Waals surface area contributed by atoms with Gasteiger partial charge in [0.2, 0.25) is 0 Å². The van der Waals surface area contributed by atoms with Crippen molar-refractivity contribution < 1.29 is 19.4 Å². The molecule has 6 rings (SSSR count). The van der Waals surface area contributed by atoms with Gasteiger partial charge in [-0.2, -0.15) is 0 Å². The van der Waals surface area contributed by atoms with Gasteiger partial charge in [0.15, 0.2) is 0 Å². The molecule has 4 atom stereocenters. The minimum Gasteiger partial charge on any atom is -0.508 e. The summed E-state index contributed by atoms with van der Waals surface area (Å²) in [4.78, 5) is 31.5. The molecule has 0 spiro atoms. The highest BCUT2D eigenvalue weighted by Crippen LogP contribution is 2.52. The highest BCUT2D eigenvalue weighted by molar-refractivity contribution is 5.98. The van der Waals surface area contributed by atoms with E-state index in [1.807, 2.05) is 48.5 Å². The van der Waals surface area contributed by atoms with Crippen LogP contribution in [0.3, 0.4) is 0 Å². The van der Waals surface area contributed by atoms with Gasteiger partial charge in [0.25, 0.3) is 5.91 Å². The zero-order valence-electron chi connectivity index (χ0n) is 25.2. The van der Waals surface area contributed by atoms with E-state index in [1.54, 1.807) is 6.07 Å². The highest BCUT2D eigenvalue weighted by Gasteiger charge is 2.55. The van der Waals surface area contributed by atoms with Crippen molar-refractivity contribution in [2.24, 2.45) is 17.8 Å². The second-order valence-electron chi connectivity index (χ2n) is 13.4. The smallest absolute Gasteiger partial charge is 0.302 e. The number of phenolic OH excluding ortho intramolecular Hbond substituents is 1. The van der Waals surface area contributed by atoms with Crippen molar-refractivity contribution in [3.8, 4) is 5.75 Å². The Morgan fingerprint density at radius 2 is 1.83 bits per heavy atom. The lowest BCUT2D eigenvalue weighted by molar-refractivity contribution is -0.159. The average molecular weight is 569 g/mol. The number of fused-ring (bicyclic) bond motifs is 2. The Kier molecular flexibility index (Phi) is 8.01. The maximum atomic E-state index is 14.4. The molecule has 3 aromatic rings. The van der Waals surface area contributed by atoms with Crippen LogP contribution in [-0.2, 0) is 14.9 Å². The molecule has 6 heteroatoms. The number of carbonyl (C=O) groups excluding carboxylic acids is 2. The third-order valence-electron chi connectivity index (χ3n) is 9.80. The van der Waals surface area contributed by atoms with Crippen LogP contribution in [0.2, 0.25) is 0 Å². The number of nitrogens with zero attached hydrogens (tertiary/aromatic N) is 2. The van der Waals surface area contributed by atoms with Gasteiger partial charge in [0.1, 0.15) is 11.9 Å². The molecular formula is C36H44N2O4. The molecule has 1 unspecified atom stereocenters. The minimum atomic E-state index is -0.319. The topological polar surface area (TPSA) is 70.1 Å². The fourth-order valence-electron chi connectivity index (χ4n) is 7.73. The molecule has 1 saturated heterocycles. The van der Waals surface area contributed by atoms with Gasteiger partial charge in [-0.05, 0) is 84.7 Å². The number of rotatable bonds is 8. The van der Waals surface area contributed by atoms with Gasteiger partial charge in [-0.3, -0.25) is 9.59 Å². The Balaban J connectivity index is 1.40. The van der Waals surface area contributed by atoms with Crippen LogP contribution in [-0.4, -0.2) is 65.1 Å². The molecule has 222 valence electrons. The SMILES string of the molecule is CC(=O)OC1C[C@@H](N(CC(C)C)C(=O)c2ccc3ccccc3c2)C[C@]2(c3cccc(O)c3)CCN(CC3CC3)C[C@@H]12. The summed E-state index contributed by atoms with van der Waals surface area (Å²) in [5.74, 6) is 1.14. The maximum Gasteiger partial charge on any atom is 0.302 e. The third kappa shape index (κ3) is 5.92. The quantitative estimate of drug-likeness (QED) is 0.318. The van der Waals surface area contributed by atoms with Crippen molar-refractivity contribution in [1.82, 2.24) is 9.80 Å². The predicted molar refractivity (Wildman–Crippen MR) is 165 cm³/mol. The number of benzene rings is 3.